The molecular formula is C18H24N2O7S. The summed E-state index contributed by atoms with van der Waals surface area (Å²) in [7, 11) is 2.38. The van der Waals surface area contributed by atoms with Gasteiger partial charge in [-0.05, 0) is 12.8 Å². The lowest BCUT2D eigenvalue weighted by Gasteiger charge is -2.35. The Kier molecular flexibility index (Phi) is 7.00. The lowest BCUT2D eigenvalue weighted by Crippen LogP contribution is -2.55. The summed E-state index contributed by atoms with van der Waals surface area (Å²) in [6.45, 7) is 0.969. The van der Waals surface area contributed by atoms with Crippen molar-refractivity contribution in [2.45, 2.75) is 51.2 Å². The average molecular weight is 412 g/mol. The molecule has 1 aliphatic carbocycles. The van der Waals surface area contributed by atoms with Crippen LogP contribution in [-0.2, 0) is 30.4 Å². The second-order valence-electron chi connectivity index (χ2n) is 6.53. The molecule has 2 rings (SSSR count). The third-order valence-corrected chi connectivity index (χ3v) is 5.70. The van der Waals surface area contributed by atoms with Crippen LogP contribution in [0.1, 0.15) is 64.6 Å². The lowest BCUT2D eigenvalue weighted by molar-refractivity contribution is -0.156. The Morgan fingerprint density at radius 1 is 1.07 bits per heavy atom. The Bertz CT molecular complexity index is 781. The van der Waals surface area contributed by atoms with Gasteiger partial charge in [-0.25, -0.2) is 14.4 Å². The van der Waals surface area contributed by atoms with Crippen molar-refractivity contribution in [1.29, 1.82) is 0 Å². The summed E-state index contributed by atoms with van der Waals surface area (Å²) in [5.74, 6) is -2.39. The Morgan fingerprint density at radius 3 is 2.21 bits per heavy atom. The summed E-state index contributed by atoms with van der Waals surface area (Å²) in [6, 6.07) is 0. The molecule has 0 aromatic carbocycles. The molecule has 154 valence electrons. The number of carbonyl (C=O) groups excluding carboxylic acids is 4. The highest BCUT2D eigenvalue weighted by molar-refractivity contribution is 7.18. The number of hydrogen-bond acceptors (Lipinski definition) is 9. The second kappa shape index (κ2) is 9.05. The lowest BCUT2D eigenvalue weighted by atomic mass is 9.81. The zero-order valence-electron chi connectivity index (χ0n) is 16.1. The predicted molar refractivity (Wildman–Crippen MR) is 101 cm³/mol. The van der Waals surface area contributed by atoms with Crippen LogP contribution in [0.2, 0.25) is 0 Å². The molecule has 1 aliphatic rings. The molecule has 9 nitrogen and oxygen atoms in total. The Hall–Kier alpha value is -2.62. The number of carbonyl (C=O) groups is 4. The van der Waals surface area contributed by atoms with Gasteiger partial charge in [-0.3, -0.25) is 4.79 Å². The van der Waals surface area contributed by atoms with Crippen LogP contribution in [0.25, 0.3) is 0 Å². The number of nitrogens with one attached hydrogen (secondary N) is 1. The fourth-order valence-corrected chi connectivity index (χ4v) is 4.33. The van der Waals surface area contributed by atoms with Crippen LogP contribution in [0.5, 0.6) is 0 Å². The van der Waals surface area contributed by atoms with Gasteiger partial charge in [0.05, 0.1) is 14.2 Å². The minimum atomic E-state index is -1.11. The van der Waals surface area contributed by atoms with Crippen molar-refractivity contribution in [2.24, 2.45) is 0 Å². The first-order valence-corrected chi connectivity index (χ1v) is 9.61. The first-order chi connectivity index (χ1) is 13.3. The van der Waals surface area contributed by atoms with Gasteiger partial charge in [-0.15, -0.1) is 11.3 Å². The molecule has 0 unspecified atom stereocenters. The van der Waals surface area contributed by atoms with E-state index in [1.54, 1.807) is 0 Å². The summed E-state index contributed by atoms with van der Waals surface area (Å²) >= 11 is 0.856. The fraction of sp³-hybridized carbons (Fsp3) is 0.556. The van der Waals surface area contributed by atoms with E-state index in [4.69, 9.17) is 19.9 Å². The van der Waals surface area contributed by atoms with Crippen LogP contribution in [0.15, 0.2) is 0 Å². The minimum Gasteiger partial charge on any atom is -0.465 e. The molecule has 1 aromatic heterocycles. The maximum Gasteiger partial charge on any atom is 0.348 e. The van der Waals surface area contributed by atoms with Gasteiger partial charge in [0, 0.05) is 12.5 Å². The van der Waals surface area contributed by atoms with Crippen LogP contribution in [0.4, 0.5) is 5.00 Å². The average Bonchev–Trinajstić information content (AvgIpc) is 3.01. The van der Waals surface area contributed by atoms with Gasteiger partial charge >= 0.3 is 17.9 Å². The number of nitrogen functional groups attached to an aromatic ring is 1. The molecule has 0 aliphatic heterocycles. The van der Waals surface area contributed by atoms with Crippen LogP contribution in [-0.4, -0.2) is 43.6 Å². The van der Waals surface area contributed by atoms with Crippen molar-refractivity contribution < 1.29 is 33.4 Å². The van der Waals surface area contributed by atoms with Gasteiger partial charge < -0.3 is 25.3 Å². The molecule has 1 amide bonds. The molecule has 28 heavy (non-hydrogen) atoms. The van der Waals surface area contributed by atoms with Crippen molar-refractivity contribution in [2.75, 3.05) is 20.0 Å². The van der Waals surface area contributed by atoms with Crippen molar-refractivity contribution in [3.63, 3.8) is 0 Å². The van der Waals surface area contributed by atoms with E-state index in [9.17, 15) is 19.2 Å². The van der Waals surface area contributed by atoms with E-state index in [0.29, 0.717) is 12.8 Å². The molecule has 10 heteroatoms. The number of rotatable bonds is 6. The van der Waals surface area contributed by atoms with E-state index < -0.39 is 23.4 Å². The summed E-state index contributed by atoms with van der Waals surface area (Å²) in [5.41, 5.74) is 4.85. The van der Waals surface area contributed by atoms with Crippen molar-refractivity contribution in [3.8, 4) is 0 Å². The molecule has 1 fully saturated rings. The van der Waals surface area contributed by atoms with E-state index in [1.165, 1.54) is 21.1 Å². The molecule has 1 aromatic rings. The molecule has 1 saturated carbocycles. The molecule has 0 atom stereocenters. The van der Waals surface area contributed by atoms with E-state index >= 15 is 0 Å². The Labute approximate surface area is 166 Å². The maximum absolute atomic E-state index is 12.8. The van der Waals surface area contributed by atoms with Crippen molar-refractivity contribution >= 4 is 40.2 Å². The van der Waals surface area contributed by atoms with Gasteiger partial charge in [0.1, 0.15) is 27.6 Å². The second-order valence-corrected chi connectivity index (χ2v) is 7.58. The zero-order valence-corrected chi connectivity index (χ0v) is 16.9. The van der Waals surface area contributed by atoms with Gasteiger partial charge in [0.2, 0.25) is 5.91 Å². The SMILES string of the molecule is COC(=O)c1sc(N)c(C(=O)OC)c1COC(=O)C1(NC(C)=O)CCCCC1. The predicted octanol–water partition coefficient (Wildman–Crippen LogP) is 1.79. The van der Waals surface area contributed by atoms with E-state index in [2.05, 4.69) is 5.32 Å². The summed E-state index contributed by atoms with van der Waals surface area (Å²) in [5, 5.41) is 2.78. The maximum atomic E-state index is 12.8. The summed E-state index contributed by atoms with van der Waals surface area (Å²) in [4.78, 5) is 48.6. The molecular weight excluding hydrogens is 388 g/mol. The molecule has 3 N–H and O–H groups in total. The number of ether oxygens (including phenoxy) is 3. The first-order valence-electron chi connectivity index (χ1n) is 8.79. The van der Waals surface area contributed by atoms with Gasteiger partial charge in [-0.1, -0.05) is 19.3 Å². The van der Waals surface area contributed by atoms with Crippen LogP contribution in [0, 0.1) is 0 Å². The standard InChI is InChI=1S/C18H24N2O7S/c1-10(21)20-18(7-5-4-6-8-18)17(24)27-9-11-12(15(22)25-2)14(19)28-13(11)16(23)26-3/h4-9,19H2,1-3H3,(H,20,21). The number of amides is 1. The number of methoxy groups -OCH3 is 2. The fourth-order valence-electron chi connectivity index (χ4n) is 3.35. The number of esters is 3. The number of thiophene rings is 1. The molecule has 0 bridgehead atoms. The van der Waals surface area contributed by atoms with E-state index in [-0.39, 0.29) is 33.5 Å². The van der Waals surface area contributed by atoms with Gasteiger partial charge in [-0.2, -0.15) is 0 Å². The first kappa shape index (κ1) is 21.7. The third-order valence-electron chi connectivity index (χ3n) is 4.66. The minimum absolute atomic E-state index is 0.0297. The van der Waals surface area contributed by atoms with Gasteiger partial charge in [0.25, 0.3) is 0 Å². The van der Waals surface area contributed by atoms with Crippen LogP contribution < -0.4 is 11.1 Å². The molecule has 1 heterocycles. The number of nitrogens with two attached hydrogens (primary N) is 1. The third kappa shape index (κ3) is 4.44. The normalized spacial score (nSPS) is 15.4. The topological polar surface area (TPSA) is 134 Å². The van der Waals surface area contributed by atoms with Crippen molar-refractivity contribution in [3.05, 3.63) is 16.0 Å². The molecule has 0 radical (unpaired) electrons. The van der Waals surface area contributed by atoms with E-state index in [0.717, 1.165) is 30.6 Å². The van der Waals surface area contributed by atoms with Gasteiger partial charge in [0.15, 0.2) is 0 Å². The largest absolute Gasteiger partial charge is 0.465 e. The zero-order chi connectivity index (χ0) is 20.9. The molecule has 0 spiro atoms. The summed E-state index contributed by atoms with van der Waals surface area (Å²) in [6.07, 6.45) is 3.45. The van der Waals surface area contributed by atoms with Crippen molar-refractivity contribution in [1.82, 2.24) is 5.32 Å². The molecule has 0 saturated heterocycles. The number of anilines is 1. The smallest absolute Gasteiger partial charge is 0.348 e. The quantitative estimate of drug-likeness (QED) is 0.533. The van der Waals surface area contributed by atoms with Crippen LogP contribution in [0.3, 0.4) is 0 Å². The summed E-state index contributed by atoms with van der Waals surface area (Å²) < 4.78 is 14.9. The highest BCUT2D eigenvalue weighted by atomic mass is 32.1. The highest BCUT2D eigenvalue weighted by Crippen LogP contribution is 2.34. The van der Waals surface area contributed by atoms with Crippen LogP contribution >= 0.6 is 11.3 Å². The Balaban J connectivity index is 2.31. The van der Waals surface area contributed by atoms with E-state index in [1.807, 2.05) is 0 Å². The number of hydrogen-bond donors (Lipinski definition) is 2. The highest BCUT2D eigenvalue weighted by Gasteiger charge is 2.42. The Morgan fingerprint density at radius 2 is 1.68 bits per heavy atom. The monoisotopic (exact) mass is 412 g/mol.